The van der Waals surface area contributed by atoms with Crippen LogP contribution in [0.25, 0.3) is 6.08 Å². The van der Waals surface area contributed by atoms with Gasteiger partial charge < -0.3 is 5.32 Å². The number of hydrogen-bond donors (Lipinski definition) is 1. The molecular formula is C18H15F4N3O. The molecule has 1 saturated heterocycles. The van der Waals surface area contributed by atoms with E-state index in [4.69, 9.17) is 0 Å². The zero-order valence-corrected chi connectivity index (χ0v) is 13.6. The van der Waals surface area contributed by atoms with Crippen molar-refractivity contribution in [3.05, 3.63) is 64.6 Å². The van der Waals surface area contributed by atoms with Crippen LogP contribution in [0.1, 0.15) is 28.9 Å². The molecular weight excluding hydrogens is 350 g/mol. The highest BCUT2D eigenvalue weighted by molar-refractivity contribution is 6.03. The lowest BCUT2D eigenvalue weighted by Crippen LogP contribution is -2.22. The van der Waals surface area contributed by atoms with E-state index in [9.17, 15) is 22.4 Å². The third-order valence-corrected chi connectivity index (χ3v) is 4.01. The van der Waals surface area contributed by atoms with Crippen LogP contribution in [-0.4, -0.2) is 29.1 Å². The molecule has 136 valence electrons. The number of halogens is 4. The van der Waals surface area contributed by atoms with Crippen LogP contribution in [-0.2, 0) is 0 Å². The number of pyridine rings is 1. The molecule has 0 unspecified atom stereocenters. The Morgan fingerprint density at radius 2 is 1.69 bits per heavy atom. The summed E-state index contributed by atoms with van der Waals surface area (Å²) in [6.45, 7) is 0.267. The summed E-state index contributed by atoms with van der Waals surface area (Å²) < 4.78 is 54.9. The van der Waals surface area contributed by atoms with E-state index < -0.39 is 34.9 Å². The van der Waals surface area contributed by atoms with Gasteiger partial charge in [0.2, 0.25) is 11.6 Å². The molecule has 2 aromatic rings. The molecule has 1 aromatic carbocycles. The lowest BCUT2D eigenvalue weighted by molar-refractivity contribution is 0.0176. The number of carbonyl (C=O) groups excluding carboxylic acids is 1. The average Bonchev–Trinajstić information content (AvgIpc) is 2.66. The molecule has 1 N–H and O–H groups in total. The predicted molar refractivity (Wildman–Crippen MR) is 88.4 cm³/mol. The summed E-state index contributed by atoms with van der Waals surface area (Å²) in [5.74, 6) is -6.15. The fourth-order valence-corrected chi connectivity index (χ4v) is 2.58. The van der Waals surface area contributed by atoms with Crippen LogP contribution in [0, 0.1) is 17.5 Å². The molecule has 0 bridgehead atoms. The summed E-state index contributed by atoms with van der Waals surface area (Å²) in [5, 5.41) is 2.77. The number of piperidine rings is 1. The minimum absolute atomic E-state index is 0.134. The number of rotatable bonds is 3. The van der Waals surface area contributed by atoms with Crippen molar-refractivity contribution in [1.29, 1.82) is 0 Å². The monoisotopic (exact) mass is 365 g/mol. The number of hydrogen-bond acceptors (Lipinski definition) is 3. The number of anilines is 1. The summed E-state index contributed by atoms with van der Waals surface area (Å²) in [6, 6.07) is 7.88. The highest BCUT2D eigenvalue weighted by Gasteiger charge is 2.22. The Morgan fingerprint density at radius 1 is 1.04 bits per heavy atom. The normalized spacial score (nSPS) is 15.0. The van der Waals surface area contributed by atoms with E-state index in [1.54, 1.807) is 18.2 Å². The second-order valence-corrected chi connectivity index (χ2v) is 5.82. The van der Waals surface area contributed by atoms with E-state index >= 15 is 0 Å². The first-order valence-electron chi connectivity index (χ1n) is 7.96. The third kappa shape index (κ3) is 3.91. The Kier molecular flexibility index (Phi) is 5.32. The molecule has 0 saturated carbocycles. The van der Waals surface area contributed by atoms with Crippen molar-refractivity contribution < 1.29 is 22.4 Å². The topological polar surface area (TPSA) is 45.2 Å². The maximum atomic E-state index is 14.0. The van der Waals surface area contributed by atoms with Gasteiger partial charge in [0.25, 0.3) is 5.91 Å². The maximum absolute atomic E-state index is 14.0. The Labute approximate surface area is 147 Å². The van der Waals surface area contributed by atoms with E-state index in [2.05, 4.69) is 10.3 Å². The van der Waals surface area contributed by atoms with Gasteiger partial charge in [0, 0.05) is 18.7 Å². The second kappa shape index (κ2) is 7.65. The number of amides is 1. The number of benzene rings is 1. The summed E-state index contributed by atoms with van der Waals surface area (Å²) >= 11 is 0. The Morgan fingerprint density at radius 3 is 2.35 bits per heavy atom. The summed E-state index contributed by atoms with van der Waals surface area (Å²) in [4.78, 5) is 15.8. The van der Waals surface area contributed by atoms with Crippen LogP contribution in [0.2, 0.25) is 0 Å². The molecule has 1 aliphatic heterocycles. The van der Waals surface area contributed by atoms with Gasteiger partial charge in [-0.3, -0.25) is 4.79 Å². The Bertz CT molecular complexity index is 845. The molecule has 1 aromatic heterocycles. The first-order chi connectivity index (χ1) is 12.5. The van der Waals surface area contributed by atoms with Crippen LogP contribution >= 0.6 is 0 Å². The van der Waals surface area contributed by atoms with Gasteiger partial charge in [0.05, 0.1) is 0 Å². The van der Waals surface area contributed by atoms with Crippen molar-refractivity contribution in [3.63, 3.8) is 0 Å². The van der Waals surface area contributed by atoms with Gasteiger partial charge in [-0.15, -0.1) is 9.60 Å². The standard InChI is InChI=1S/C18H15F4N3O/c19-14-13(10-11-6-8-25(22)9-7-11)23-17(16(21)15(14)20)24-18(26)12-4-2-1-3-5-12/h1-5,10H,6-9H2,(H,23,24,26). The van der Waals surface area contributed by atoms with Gasteiger partial charge in [-0.05, 0) is 31.1 Å². The van der Waals surface area contributed by atoms with E-state index in [1.807, 2.05) is 0 Å². The number of nitrogens with one attached hydrogen (secondary N) is 1. The number of nitrogens with zero attached hydrogens (tertiary/aromatic N) is 2. The molecule has 1 aliphatic rings. The van der Waals surface area contributed by atoms with Crippen molar-refractivity contribution in [2.75, 3.05) is 18.4 Å². The molecule has 0 spiro atoms. The minimum Gasteiger partial charge on any atom is -0.304 e. The summed E-state index contributed by atoms with van der Waals surface area (Å²) in [5.41, 5.74) is 0.444. The summed E-state index contributed by atoms with van der Waals surface area (Å²) in [7, 11) is 0. The van der Waals surface area contributed by atoms with Crippen molar-refractivity contribution in [1.82, 2.24) is 10.1 Å². The lowest BCUT2D eigenvalue weighted by Gasteiger charge is -2.20. The number of carbonyl (C=O) groups is 1. The van der Waals surface area contributed by atoms with Gasteiger partial charge in [0.15, 0.2) is 11.6 Å². The Balaban J connectivity index is 1.90. The zero-order valence-electron chi connectivity index (χ0n) is 13.6. The minimum atomic E-state index is -1.72. The van der Waals surface area contributed by atoms with E-state index in [0.29, 0.717) is 23.5 Å². The van der Waals surface area contributed by atoms with Gasteiger partial charge in [-0.2, -0.15) is 4.39 Å². The van der Waals surface area contributed by atoms with E-state index in [-0.39, 0.29) is 18.7 Å². The predicted octanol–water partition coefficient (Wildman–Crippen LogP) is 4.11. The second-order valence-electron chi connectivity index (χ2n) is 5.82. The first-order valence-corrected chi connectivity index (χ1v) is 7.96. The molecule has 1 amide bonds. The first kappa shape index (κ1) is 18.1. The molecule has 0 aliphatic carbocycles. The molecule has 26 heavy (non-hydrogen) atoms. The third-order valence-electron chi connectivity index (χ3n) is 4.01. The van der Waals surface area contributed by atoms with Crippen LogP contribution < -0.4 is 5.32 Å². The molecule has 1 fully saturated rings. The summed E-state index contributed by atoms with van der Waals surface area (Å²) in [6.07, 6.45) is 1.91. The lowest BCUT2D eigenvalue weighted by atomic mass is 10.0. The van der Waals surface area contributed by atoms with E-state index in [1.165, 1.54) is 18.2 Å². The molecule has 0 atom stereocenters. The van der Waals surface area contributed by atoms with Crippen LogP contribution in [0.15, 0.2) is 35.9 Å². The molecule has 2 heterocycles. The van der Waals surface area contributed by atoms with Gasteiger partial charge in [-0.1, -0.05) is 23.8 Å². The largest absolute Gasteiger partial charge is 0.304 e. The van der Waals surface area contributed by atoms with Crippen LogP contribution in [0.4, 0.5) is 23.5 Å². The SMILES string of the molecule is O=C(Nc1nc(C=C2CCN(F)CC2)c(F)c(F)c1F)c1ccccc1. The van der Waals surface area contributed by atoms with Gasteiger partial charge >= 0.3 is 0 Å². The van der Waals surface area contributed by atoms with Gasteiger partial charge in [-0.25, -0.2) is 13.8 Å². The smallest absolute Gasteiger partial charge is 0.256 e. The highest BCUT2D eigenvalue weighted by Crippen LogP contribution is 2.25. The van der Waals surface area contributed by atoms with Crippen LogP contribution in [0.3, 0.4) is 0 Å². The van der Waals surface area contributed by atoms with Crippen molar-refractivity contribution in [3.8, 4) is 0 Å². The van der Waals surface area contributed by atoms with Crippen molar-refractivity contribution in [2.24, 2.45) is 0 Å². The van der Waals surface area contributed by atoms with E-state index in [0.717, 1.165) is 0 Å². The molecule has 8 heteroatoms. The maximum Gasteiger partial charge on any atom is 0.256 e. The molecule has 4 nitrogen and oxygen atoms in total. The van der Waals surface area contributed by atoms with Crippen molar-refractivity contribution in [2.45, 2.75) is 12.8 Å². The fourth-order valence-electron chi connectivity index (χ4n) is 2.58. The van der Waals surface area contributed by atoms with Crippen LogP contribution in [0.5, 0.6) is 0 Å². The Hall–Kier alpha value is -2.74. The zero-order chi connectivity index (χ0) is 18.7. The molecule has 0 radical (unpaired) electrons. The van der Waals surface area contributed by atoms with Gasteiger partial charge in [0.1, 0.15) is 5.69 Å². The fraction of sp³-hybridized carbons (Fsp3) is 0.222. The molecule has 3 rings (SSSR count). The average molecular weight is 365 g/mol. The quantitative estimate of drug-likeness (QED) is 0.658. The van der Waals surface area contributed by atoms with Crippen molar-refractivity contribution >= 4 is 17.8 Å². The highest BCUT2D eigenvalue weighted by atomic mass is 19.2. The number of aromatic nitrogens is 1.